The quantitative estimate of drug-likeness (QED) is 0.754. The van der Waals surface area contributed by atoms with Gasteiger partial charge in [-0.15, -0.1) is 0 Å². The van der Waals surface area contributed by atoms with Crippen molar-refractivity contribution in [1.29, 1.82) is 0 Å². The monoisotopic (exact) mass is 223 g/mol. The molecule has 1 aromatic heterocycles. The van der Waals surface area contributed by atoms with Crippen molar-refractivity contribution in [2.75, 3.05) is 13.7 Å². The molecule has 0 spiro atoms. The second kappa shape index (κ2) is 4.76. The van der Waals surface area contributed by atoms with E-state index in [0.717, 1.165) is 19.5 Å². The Morgan fingerprint density at radius 2 is 2.56 bits per heavy atom. The predicted octanol–water partition coefficient (Wildman–Crippen LogP) is 0.463. The second-order valence-electron chi connectivity index (χ2n) is 4.00. The van der Waals surface area contributed by atoms with Crippen LogP contribution in [0.5, 0.6) is 0 Å². The highest BCUT2D eigenvalue weighted by atomic mass is 16.5. The maximum Gasteiger partial charge on any atom is 0.182 e. The highest BCUT2D eigenvalue weighted by molar-refractivity contribution is 5.99. The summed E-state index contributed by atoms with van der Waals surface area (Å²) in [5.74, 6) is 0.110. The number of hydrogen-bond acceptors (Lipinski definition) is 4. The number of nitrogens with zero attached hydrogens (tertiary/aromatic N) is 2. The molecule has 2 rings (SSSR count). The molecule has 1 fully saturated rings. The van der Waals surface area contributed by atoms with Crippen molar-refractivity contribution in [2.24, 2.45) is 0 Å². The molecule has 0 bridgehead atoms. The van der Waals surface area contributed by atoms with E-state index in [-0.39, 0.29) is 17.9 Å². The lowest BCUT2D eigenvalue weighted by molar-refractivity contribution is 0.0918. The van der Waals surface area contributed by atoms with Gasteiger partial charge in [-0.3, -0.25) is 9.48 Å². The Morgan fingerprint density at radius 3 is 3.12 bits per heavy atom. The Balaban J connectivity index is 2.02. The molecule has 0 amide bonds. The lowest BCUT2D eigenvalue weighted by Gasteiger charge is -2.07. The first-order chi connectivity index (χ1) is 7.74. The molecule has 1 aliphatic rings. The van der Waals surface area contributed by atoms with E-state index in [9.17, 15) is 4.79 Å². The second-order valence-corrected chi connectivity index (χ2v) is 4.00. The van der Waals surface area contributed by atoms with E-state index < -0.39 is 0 Å². The van der Waals surface area contributed by atoms with Crippen LogP contribution in [0, 0.1) is 0 Å². The summed E-state index contributed by atoms with van der Waals surface area (Å²) in [6.45, 7) is 3.52. The average molecular weight is 223 g/mol. The Hall–Kier alpha value is -1.20. The number of ether oxygens (including phenoxy) is 1. The van der Waals surface area contributed by atoms with E-state index in [2.05, 4.69) is 10.4 Å². The molecule has 2 heterocycles. The van der Waals surface area contributed by atoms with E-state index in [1.165, 1.54) is 0 Å². The third kappa shape index (κ3) is 2.15. The molecule has 1 aromatic rings. The van der Waals surface area contributed by atoms with Crippen molar-refractivity contribution in [3.63, 3.8) is 0 Å². The topological polar surface area (TPSA) is 56.1 Å². The van der Waals surface area contributed by atoms with Gasteiger partial charge in [-0.25, -0.2) is 0 Å². The van der Waals surface area contributed by atoms with Gasteiger partial charge in [-0.05, 0) is 13.3 Å². The molecule has 88 valence electrons. The summed E-state index contributed by atoms with van der Waals surface area (Å²) in [5.41, 5.74) is 0.677. The van der Waals surface area contributed by atoms with Crippen LogP contribution < -0.4 is 5.32 Å². The van der Waals surface area contributed by atoms with Gasteiger partial charge < -0.3 is 10.1 Å². The van der Waals surface area contributed by atoms with Gasteiger partial charge in [0.25, 0.3) is 0 Å². The fraction of sp³-hybridized carbons (Fsp3) is 0.636. The number of hydrogen-bond donors (Lipinski definition) is 1. The van der Waals surface area contributed by atoms with Crippen LogP contribution in [0.15, 0.2) is 12.4 Å². The minimum atomic E-state index is -0.126. The van der Waals surface area contributed by atoms with Crippen LogP contribution >= 0.6 is 0 Å². The Morgan fingerprint density at radius 1 is 1.75 bits per heavy atom. The number of aromatic nitrogens is 2. The molecule has 0 saturated carbocycles. The van der Waals surface area contributed by atoms with Crippen molar-refractivity contribution in [3.8, 4) is 0 Å². The molecule has 0 radical (unpaired) electrons. The molecule has 5 nitrogen and oxygen atoms in total. The number of Topliss-reactive ketones (excluding diaryl/α,β-unsaturated/α-hetero) is 1. The Labute approximate surface area is 94.8 Å². The lowest BCUT2D eigenvalue weighted by Crippen LogP contribution is -2.30. The number of carbonyl (C=O) groups excluding carboxylic acids is 1. The number of aryl methyl sites for hydroxylation is 1. The number of carbonyl (C=O) groups is 1. The summed E-state index contributed by atoms with van der Waals surface area (Å²) < 4.78 is 6.98. The van der Waals surface area contributed by atoms with Crippen molar-refractivity contribution in [3.05, 3.63) is 18.0 Å². The van der Waals surface area contributed by atoms with Gasteiger partial charge in [0.05, 0.1) is 23.9 Å². The van der Waals surface area contributed by atoms with Gasteiger partial charge in [0.15, 0.2) is 5.78 Å². The van der Waals surface area contributed by atoms with E-state index in [1.807, 2.05) is 6.92 Å². The zero-order valence-corrected chi connectivity index (χ0v) is 9.64. The fourth-order valence-corrected chi connectivity index (χ4v) is 1.95. The number of rotatable bonds is 4. The highest BCUT2D eigenvalue weighted by Crippen LogP contribution is 2.14. The average Bonchev–Trinajstić information content (AvgIpc) is 2.97. The smallest absolute Gasteiger partial charge is 0.182 e. The summed E-state index contributed by atoms with van der Waals surface area (Å²) in [5, 5.41) is 7.27. The van der Waals surface area contributed by atoms with Gasteiger partial charge >= 0.3 is 0 Å². The molecule has 5 heteroatoms. The summed E-state index contributed by atoms with van der Waals surface area (Å²) in [6, 6.07) is -0.126. The predicted molar refractivity (Wildman–Crippen MR) is 59.4 cm³/mol. The van der Waals surface area contributed by atoms with Crippen LogP contribution in [0.2, 0.25) is 0 Å². The van der Waals surface area contributed by atoms with E-state index in [4.69, 9.17) is 4.74 Å². The number of ketones is 1. The molecule has 0 aliphatic carbocycles. The Kier molecular flexibility index (Phi) is 3.36. The SMILES string of the molecule is CCn1cc(C(=O)C2CC(OC)CN2)cn1. The van der Waals surface area contributed by atoms with Crippen molar-refractivity contribution in [1.82, 2.24) is 15.1 Å². The molecule has 16 heavy (non-hydrogen) atoms. The number of methoxy groups -OCH3 is 1. The highest BCUT2D eigenvalue weighted by Gasteiger charge is 2.30. The van der Waals surface area contributed by atoms with Gasteiger partial charge in [0.2, 0.25) is 0 Å². The first-order valence-corrected chi connectivity index (χ1v) is 5.57. The minimum Gasteiger partial charge on any atom is -0.380 e. The molecular weight excluding hydrogens is 206 g/mol. The zero-order valence-electron chi connectivity index (χ0n) is 9.64. The van der Waals surface area contributed by atoms with Gasteiger partial charge in [0.1, 0.15) is 0 Å². The zero-order chi connectivity index (χ0) is 11.5. The maximum atomic E-state index is 12.1. The summed E-state index contributed by atoms with van der Waals surface area (Å²) in [7, 11) is 1.67. The molecule has 1 aliphatic heterocycles. The molecule has 2 atom stereocenters. The summed E-state index contributed by atoms with van der Waals surface area (Å²) in [4.78, 5) is 12.1. The van der Waals surface area contributed by atoms with Crippen LogP contribution in [-0.2, 0) is 11.3 Å². The summed E-state index contributed by atoms with van der Waals surface area (Å²) in [6.07, 6.45) is 4.32. The molecule has 1 saturated heterocycles. The fourth-order valence-electron chi connectivity index (χ4n) is 1.95. The molecule has 2 unspecified atom stereocenters. The number of nitrogens with one attached hydrogen (secondary N) is 1. The van der Waals surface area contributed by atoms with Crippen LogP contribution in [0.25, 0.3) is 0 Å². The Bertz CT molecular complexity index is 375. The standard InChI is InChI=1S/C11H17N3O2/c1-3-14-7-8(5-13-14)11(15)10-4-9(16-2)6-12-10/h5,7,9-10,12H,3-4,6H2,1-2H3. The van der Waals surface area contributed by atoms with E-state index in [0.29, 0.717) is 5.56 Å². The molecule has 1 N–H and O–H groups in total. The first-order valence-electron chi connectivity index (χ1n) is 5.57. The van der Waals surface area contributed by atoms with E-state index in [1.54, 1.807) is 24.2 Å². The van der Waals surface area contributed by atoms with Crippen LogP contribution in [0.4, 0.5) is 0 Å². The largest absolute Gasteiger partial charge is 0.380 e. The third-order valence-electron chi connectivity index (χ3n) is 2.98. The summed E-state index contributed by atoms with van der Waals surface area (Å²) >= 11 is 0. The molecular formula is C11H17N3O2. The normalized spacial score (nSPS) is 24.9. The minimum absolute atomic E-state index is 0.110. The van der Waals surface area contributed by atoms with Crippen molar-refractivity contribution in [2.45, 2.75) is 32.0 Å². The molecule has 0 aromatic carbocycles. The van der Waals surface area contributed by atoms with Gasteiger partial charge in [-0.2, -0.15) is 5.10 Å². The van der Waals surface area contributed by atoms with Gasteiger partial charge in [0, 0.05) is 26.4 Å². The first kappa shape index (κ1) is 11.3. The lowest BCUT2D eigenvalue weighted by atomic mass is 10.1. The van der Waals surface area contributed by atoms with Crippen LogP contribution in [0.3, 0.4) is 0 Å². The van der Waals surface area contributed by atoms with E-state index >= 15 is 0 Å². The van der Waals surface area contributed by atoms with Crippen molar-refractivity contribution < 1.29 is 9.53 Å². The van der Waals surface area contributed by atoms with Crippen LogP contribution in [0.1, 0.15) is 23.7 Å². The third-order valence-corrected chi connectivity index (χ3v) is 2.98. The van der Waals surface area contributed by atoms with Gasteiger partial charge in [-0.1, -0.05) is 0 Å². The van der Waals surface area contributed by atoms with Crippen molar-refractivity contribution >= 4 is 5.78 Å². The maximum absolute atomic E-state index is 12.1. The van der Waals surface area contributed by atoms with Crippen LogP contribution in [-0.4, -0.2) is 41.4 Å².